The molecule has 0 aliphatic rings. The van der Waals surface area contributed by atoms with E-state index in [0.717, 1.165) is 51.4 Å². The molecule has 2 heteroatoms. The van der Waals surface area contributed by atoms with E-state index in [9.17, 15) is 0 Å². The van der Waals surface area contributed by atoms with Crippen LogP contribution in [0.3, 0.4) is 0 Å². The summed E-state index contributed by atoms with van der Waals surface area (Å²) in [7, 11) is 0. The van der Waals surface area contributed by atoms with Crippen molar-refractivity contribution >= 4 is 43.6 Å². The van der Waals surface area contributed by atoms with E-state index in [1.54, 1.807) is 0 Å². The van der Waals surface area contributed by atoms with Crippen LogP contribution in [-0.2, 0) is 34.5 Å². The minimum atomic E-state index is -0.171. The van der Waals surface area contributed by atoms with Crippen molar-refractivity contribution in [2.75, 3.05) is 0 Å². The lowest BCUT2D eigenvalue weighted by atomic mass is 9.54. The van der Waals surface area contributed by atoms with Gasteiger partial charge in [0.05, 0.1) is 22.1 Å². The first kappa shape index (κ1) is 49.8. The fourth-order valence-electron chi connectivity index (χ4n) is 11.8. The Morgan fingerprint density at radius 3 is 1.25 bits per heavy atom. The van der Waals surface area contributed by atoms with E-state index in [1.165, 1.54) is 114 Å². The predicted molar refractivity (Wildman–Crippen MR) is 304 cm³/mol. The molecule has 360 valence electrons. The number of aryl methyl sites for hydroxylation is 2. The van der Waals surface area contributed by atoms with Gasteiger partial charge >= 0.3 is 0 Å². The molecule has 0 radical (unpaired) electrons. The molecular formula is C67H82N2. The van der Waals surface area contributed by atoms with Gasteiger partial charge in [0, 0.05) is 43.7 Å². The van der Waals surface area contributed by atoms with Crippen LogP contribution in [0.15, 0.2) is 146 Å². The third kappa shape index (κ3) is 9.07. The van der Waals surface area contributed by atoms with Gasteiger partial charge < -0.3 is 9.13 Å². The van der Waals surface area contributed by atoms with Crippen molar-refractivity contribution in [3.8, 4) is 11.4 Å². The van der Waals surface area contributed by atoms with Crippen molar-refractivity contribution in [1.29, 1.82) is 0 Å². The van der Waals surface area contributed by atoms with Crippen LogP contribution in [0.4, 0.5) is 0 Å². The number of allylic oxidation sites excluding steroid dienone is 3. The summed E-state index contributed by atoms with van der Waals surface area (Å²) in [6.45, 7) is 30.2. The topological polar surface area (TPSA) is 9.86 Å². The molecule has 0 saturated carbocycles. The Morgan fingerprint density at radius 1 is 0.435 bits per heavy atom. The molecule has 1 unspecified atom stereocenters. The minimum absolute atomic E-state index is 0.0767. The van der Waals surface area contributed by atoms with Gasteiger partial charge in [-0.3, -0.25) is 0 Å². The van der Waals surface area contributed by atoms with E-state index >= 15 is 0 Å². The van der Waals surface area contributed by atoms with Gasteiger partial charge in [-0.2, -0.15) is 0 Å². The largest absolute Gasteiger partial charge is 0.309 e. The van der Waals surface area contributed by atoms with E-state index in [-0.39, 0.29) is 21.7 Å². The fourth-order valence-corrected chi connectivity index (χ4v) is 11.8. The molecule has 0 saturated heterocycles. The third-order valence-corrected chi connectivity index (χ3v) is 17.6. The normalized spacial score (nSPS) is 13.7. The van der Waals surface area contributed by atoms with Crippen molar-refractivity contribution < 1.29 is 0 Å². The summed E-state index contributed by atoms with van der Waals surface area (Å²) in [6, 6.07) is 48.6. The number of hydrogen-bond donors (Lipinski definition) is 0. The zero-order chi connectivity index (χ0) is 49.1. The van der Waals surface area contributed by atoms with Gasteiger partial charge in [-0.1, -0.05) is 180 Å². The number of aromatic nitrogens is 2. The highest BCUT2D eigenvalue weighted by Gasteiger charge is 2.47. The van der Waals surface area contributed by atoms with Crippen LogP contribution < -0.4 is 0 Å². The summed E-state index contributed by atoms with van der Waals surface area (Å²) in [5.74, 6) is 0. The summed E-state index contributed by atoms with van der Waals surface area (Å²) in [4.78, 5) is 0. The van der Waals surface area contributed by atoms with Gasteiger partial charge in [-0.05, 0) is 163 Å². The highest BCUT2D eigenvalue weighted by atomic mass is 15.0. The molecule has 0 aliphatic heterocycles. The van der Waals surface area contributed by atoms with Gasteiger partial charge in [0.1, 0.15) is 0 Å². The van der Waals surface area contributed by atoms with E-state index in [0.29, 0.717) is 0 Å². The maximum atomic E-state index is 3.82. The van der Waals surface area contributed by atoms with Crippen molar-refractivity contribution in [2.45, 2.75) is 175 Å². The lowest BCUT2D eigenvalue weighted by Crippen LogP contribution is -2.46. The molecule has 8 rings (SSSR count). The summed E-state index contributed by atoms with van der Waals surface area (Å²) in [5, 5.41) is 5.29. The molecule has 0 aliphatic carbocycles. The smallest absolute Gasteiger partial charge is 0.0544 e. The van der Waals surface area contributed by atoms with E-state index in [2.05, 4.69) is 225 Å². The Bertz CT molecular complexity index is 3080. The zero-order valence-electron chi connectivity index (χ0n) is 44.4. The number of fused-ring (bicyclic) bond motifs is 6. The molecule has 0 fully saturated rings. The van der Waals surface area contributed by atoms with Gasteiger partial charge in [0.2, 0.25) is 0 Å². The number of unbranched alkanes of at least 4 members (excludes halogenated alkanes) is 3. The Balaban J connectivity index is 1.30. The van der Waals surface area contributed by atoms with Crippen LogP contribution >= 0.6 is 0 Å². The second kappa shape index (κ2) is 20.4. The quantitative estimate of drug-likeness (QED) is 0.0502. The summed E-state index contributed by atoms with van der Waals surface area (Å²) >= 11 is 0. The van der Waals surface area contributed by atoms with E-state index in [4.69, 9.17) is 0 Å². The fraction of sp³-hybridized carbons (Fsp3) is 0.403. The van der Waals surface area contributed by atoms with Gasteiger partial charge in [-0.25, -0.2) is 0 Å². The molecule has 0 N–H and O–H groups in total. The average Bonchev–Trinajstić information content (AvgIpc) is 3.88. The molecule has 2 aromatic heterocycles. The molecule has 0 spiro atoms. The van der Waals surface area contributed by atoms with Crippen LogP contribution in [0.2, 0.25) is 0 Å². The van der Waals surface area contributed by atoms with Crippen molar-refractivity contribution in [3.05, 3.63) is 180 Å². The first-order chi connectivity index (χ1) is 33.2. The molecule has 8 aromatic rings. The maximum absolute atomic E-state index is 3.82. The number of rotatable bonds is 21. The Labute approximate surface area is 416 Å². The summed E-state index contributed by atoms with van der Waals surface area (Å²) < 4.78 is 5.16. The minimum Gasteiger partial charge on any atom is -0.309 e. The molecule has 2 heterocycles. The van der Waals surface area contributed by atoms with E-state index in [1.807, 2.05) is 6.08 Å². The third-order valence-electron chi connectivity index (χ3n) is 17.6. The Kier molecular flexibility index (Phi) is 14.7. The van der Waals surface area contributed by atoms with Crippen LogP contribution in [-0.4, -0.2) is 9.13 Å². The molecule has 69 heavy (non-hydrogen) atoms. The number of hydrogen-bond acceptors (Lipinski definition) is 0. The second-order valence-corrected chi connectivity index (χ2v) is 21.9. The van der Waals surface area contributed by atoms with Crippen LogP contribution in [0.25, 0.3) is 55.0 Å². The van der Waals surface area contributed by atoms with Gasteiger partial charge in [0.25, 0.3) is 0 Å². The highest BCUT2D eigenvalue weighted by Crippen LogP contribution is 2.53. The number of benzene rings is 6. The van der Waals surface area contributed by atoms with Gasteiger partial charge in [-0.15, -0.1) is 0 Å². The highest BCUT2D eigenvalue weighted by molar-refractivity contribution is 6.11. The first-order valence-electron chi connectivity index (χ1n) is 26.9. The second-order valence-electron chi connectivity index (χ2n) is 21.9. The zero-order valence-corrected chi connectivity index (χ0v) is 44.4. The van der Waals surface area contributed by atoms with Crippen molar-refractivity contribution in [3.63, 3.8) is 0 Å². The standard InChI is InChI=1S/C67H82N2/c1-13-20-22-23-24-25-27-49-30-38-54(39-31-49)68-60-44-50(64(8,9)15-3)32-40-56(60)58-42-34-52(46-62(58)68)66(12,17-5)67(18-6,19-7)53-35-43-59-57-41-33-51(65(10,11)16-4)45-61(57)69(63(59)47-53)55-36-28-48(29-37-55)26-21-14-2/h13,20,22,28-47H,1,14-19,21,23-27H2,2-12H3/b22-20+. The SMILES string of the molecule is C=C/C=C/CCCCc1ccc(-n2c3cc(C(C)(C)CC)ccc3c3ccc(C(C)(CC)C(CC)(CC)c4ccc5c6ccc(C(C)(C)CC)cc6n(-c6ccc(CCCC)cc6)c5c4)cc32)cc1. The van der Waals surface area contributed by atoms with Crippen molar-refractivity contribution in [2.24, 2.45) is 0 Å². The Morgan fingerprint density at radius 2 is 0.841 bits per heavy atom. The predicted octanol–water partition coefficient (Wildman–Crippen LogP) is 19.5. The van der Waals surface area contributed by atoms with Crippen LogP contribution in [0.1, 0.15) is 174 Å². The lowest BCUT2D eigenvalue weighted by Gasteiger charge is -2.49. The maximum Gasteiger partial charge on any atom is 0.0544 e. The summed E-state index contributed by atoms with van der Waals surface area (Å²) in [5.41, 5.74) is 16.0. The molecular weight excluding hydrogens is 833 g/mol. The Hall–Kier alpha value is -5.60. The molecule has 0 amide bonds. The molecule has 2 nitrogen and oxygen atoms in total. The van der Waals surface area contributed by atoms with Crippen LogP contribution in [0, 0.1) is 0 Å². The first-order valence-corrected chi connectivity index (χ1v) is 26.9. The van der Waals surface area contributed by atoms with E-state index < -0.39 is 0 Å². The van der Waals surface area contributed by atoms with Crippen LogP contribution in [0.5, 0.6) is 0 Å². The average molecular weight is 915 g/mol. The lowest BCUT2D eigenvalue weighted by molar-refractivity contribution is 0.204. The monoisotopic (exact) mass is 915 g/mol. The summed E-state index contributed by atoms with van der Waals surface area (Å²) in [6.07, 6.45) is 19.5. The molecule has 0 bridgehead atoms. The molecule has 6 aromatic carbocycles. The number of nitrogens with zero attached hydrogens (tertiary/aromatic N) is 2. The van der Waals surface area contributed by atoms with Crippen molar-refractivity contribution in [1.82, 2.24) is 9.13 Å². The molecule has 1 atom stereocenters. The van der Waals surface area contributed by atoms with Gasteiger partial charge in [0.15, 0.2) is 0 Å².